The highest BCUT2D eigenvalue weighted by Crippen LogP contribution is 2.31. The summed E-state index contributed by atoms with van der Waals surface area (Å²) in [5.41, 5.74) is 6.97. The first-order chi connectivity index (χ1) is 21.6. The summed E-state index contributed by atoms with van der Waals surface area (Å²) in [6.45, 7) is 10.2. The Labute approximate surface area is 265 Å². The van der Waals surface area contributed by atoms with E-state index in [0.717, 1.165) is 33.6 Å². The highest BCUT2D eigenvalue weighted by Gasteiger charge is 2.34. The van der Waals surface area contributed by atoms with Gasteiger partial charge in [-0.25, -0.2) is 4.79 Å². The summed E-state index contributed by atoms with van der Waals surface area (Å²) in [4.78, 5) is 27.1. The maximum absolute atomic E-state index is 14.0. The molecule has 0 spiro atoms. The van der Waals surface area contributed by atoms with Crippen LogP contribution < -0.4 is 10.6 Å². The van der Waals surface area contributed by atoms with Crippen molar-refractivity contribution in [1.82, 2.24) is 15.1 Å². The fourth-order valence-electron chi connectivity index (χ4n) is 5.60. The van der Waals surface area contributed by atoms with Gasteiger partial charge in [-0.15, -0.1) is 0 Å². The fourth-order valence-corrected chi connectivity index (χ4v) is 5.60. The van der Waals surface area contributed by atoms with Crippen molar-refractivity contribution in [2.24, 2.45) is 0 Å². The van der Waals surface area contributed by atoms with Gasteiger partial charge >= 0.3 is 6.09 Å². The van der Waals surface area contributed by atoms with E-state index in [1.165, 1.54) is 5.56 Å². The SMILES string of the molecule is Cc1nn(Cc2ccccc2)c(C)c1-c1ccc(NC(=O)[C@@H](NC(=O)OC(C)(C)C)C(c2ccccc2)c2ccccc2)cc1. The number of hydrogen-bond acceptors (Lipinski definition) is 4. The van der Waals surface area contributed by atoms with Crippen LogP contribution in [0.1, 0.15) is 54.8 Å². The van der Waals surface area contributed by atoms with Crippen LogP contribution in [0.15, 0.2) is 115 Å². The van der Waals surface area contributed by atoms with E-state index < -0.39 is 23.7 Å². The molecule has 0 saturated carbocycles. The lowest BCUT2D eigenvalue weighted by molar-refractivity contribution is -0.118. The third-order valence-corrected chi connectivity index (χ3v) is 7.60. The zero-order chi connectivity index (χ0) is 32.0. The normalized spacial score (nSPS) is 12.0. The first kappa shape index (κ1) is 31.3. The second kappa shape index (κ2) is 13.6. The predicted molar refractivity (Wildman–Crippen MR) is 179 cm³/mol. The Morgan fingerprint density at radius 2 is 1.31 bits per heavy atom. The van der Waals surface area contributed by atoms with Crippen LogP contribution in [0.4, 0.5) is 10.5 Å². The number of nitrogens with zero attached hydrogens (tertiary/aromatic N) is 2. The van der Waals surface area contributed by atoms with Crippen LogP contribution in [0.25, 0.3) is 11.1 Å². The van der Waals surface area contributed by atoms with E-state index in [1.54, 1.807) is 20.8 Å². The van der Waals surface area contributed by atoms with Gasteiger partial charge in [0.2, 0.25) is 5.91 Å². The van der Waals surface area contributed by atoms with Crippen molar-refractivity contribution >= 4 is 17.7 Å². The topological polar surface area (TPSA) is 85.3 Å². The molecular formula is C38H40N4O3. The van der Waals surface area contributed by atoms with Gasteiger partial charge < -0.3 is 15.4 Å². The van der Waals surface area contributed by atoms with Crippen LogP contribution in [0.5, 0.6) is 0 Å². The van der Waals surface area contributed by atoms with E-state index in [1.807, 2.05) is 115 Å². The molecule has 0 radical (unpaired) electrons. The predicted octanol–water partition coefficient (Wildman–Crippen LogP) is 7.88. The van der Waals surface area contributed by atoms with Gasteiger partial charge in [-0.05, 0) is 69.0 Å². The number of carbonyl (C=O) groups excluding carboxylic acids is 2. The molecule has 0 unspecified atom stereocenters. The molecule has 0 aliphatic heterocycles. The Morgan fingerprint density at radius 1 is 0.778 bits per heavy atom. The summed E-state index contributed by atoms with van der Waals surface area (Å²) in [6, 6.07) is 36.5. The van der Waals surface area contributed by atoms with Crippen molar-refractivity contribution in [1.29, 1.82) is 0 Å². The summed E-state index contributed by atoms with van der Waals surface area (Å²) < 4.78 is 7.60. The largest absolute Gasteiger partial charge is 0.444 e. The van der Waals surface area contributed by atoms with E-state index in [0.29, 0.717) is 12.2 Å². The quantitative estimate of drug-likeness (QED) is 0.180. The van der Waals surface area contributed by atoms with Crippen molar-refractivity contribution in [3.63, 3.8) is 0 Å². The van der Waals surface area contributed by atoms with E-state index in [9.17, 15) is 9.59 Å². The minimum absolute atomic E-state index is 0.352. The number of nitrogens with one attached hydrogen (secondary N) is 2. The summed E-state index contributed by atoms with van der Waals surface area (Å²) >= 11 is 0. The molecule has 2 amide bonds. The number of alkyl carbamates (subject to hydrolysis) is 1. The van der Waals surface area contributed by atoms with Gasteiger partial charge in [-0.3, -0.25) is 9.48 Å². The fraction of sp³-hybridized carbons (Fsp3) is 0.237. The second-order valence-electron chi connectivity index (χ2n) is 12.2. The molecule has 0 saturated heterocycles. The Balaban J connectivity index is 1.42. The molecule has 7 nitrogen and oxygen atoms in total. The first-order valence-electron chi connectivity index (χ1n) is 15.2. The second-order valence-corrected chi connectivity index (χ2v) is 12.2. The van der Waals surface area contributed by atoms with Gasteiger partial charge in [0.15, 0.2) is 0 Å². The monoisotopic (exact) mass is 600 g/mol. The first-order valence-corrected chi connectivity index (χ1v) is 15.2. The maximum atomic E-state index is 14.0. The summed E-state index contributed by atoms with van der Waals surface area (Å²) in [5, 5.41) is 10.7. The zero-order valence-electron chi connectivity index (χ0n) is 26.5. The molecule has 0 aliphatic carbocycles. The maximum Gasteiger partial charge on any atom is 0.408 e. The Bertz CT molecular complexity index is 1690. The molecule has 5 aromatic rings. The van der Waals surface area contributed by atoms with E-state index in [-0.39, 0.29) is 5.91 Å². The third kappa shape index (κ3) is 7.87. The lowest BCUT2D eigenvalue weighted by Crippen LogP contribution is -2.49. The van der Waals surface area contributed by atoms with Gasteiger partial charge in [0.1, 0.15) is 11.6 Å². The molecule has 0 fully saturated rings. The molecule has 45 heavy (non-hydrogen) atoms. The van der Waals surface area contributed by atoms with Crippen molar-refractivity contribution in [3.05, 3.63) is 143 Å². The number of carbonyl (C=O) groups is 2. The number of aromatic nitrogens is 2. The number of anilines is 1. The van der Waals surface area contributed by atoms with E-state index in [2.05, 4.69) is 29.7 Å². The molecule has 0 bridgehead atoms. The van der Waals surface area contributed by atoms with Gasteiger partial charge in [0.05, 0.1) is 12.2 Å². The van der Waals surface area contributed by atoms with Crippen molar-refractivity contribution in [3.8, 4) is 11.1 Å². The van der Waals surface area contributed by atoms with Crippen LogP contribution in [-0.2, 0) is 16.1 Å². The lowest BCUT2D eigenvalue weighted by Gasteiger charge is -2.29. The molecule has 1 heterocycles. The van der Waals surface area contributed by atoms with Gasteiger partial charge in [0.25, 0.3) is 0 Å². The standard InChI is InChI=1S/C38H40N4O3/c1-26-33(27(2)42(41-26)25-28-15-9-6-10-16-28)31-21-23-32(24-22-31)39-36(43)35(40-37(44)45-38(3,4)5)34(29-17-11-7-12-18-29)30-19-13-8-14-20-30/h6-24,34-35H,25H2,1-5H3,(H,39,43)(H,40,44)/t35-/m0/s1. The Morgan fingerprint density at radius 3 is 1.84 bits per heavy atom. The van der Waals surface area contributed by atoms with Crippen molar-refractivity contribution < 1.29 is 14.3 Å². The number of hydrogen-bond donors (Lipinski definition) is 2. The third-order valence-electron chi connectivity index (χ3n) is 7.60. The van der Waals surface area contributed by atoms with Gasteiger partial charge in [-0.1, -0.05) is 103 Å². The molecular weight excluding hydrogens is 560 g/mol. The average molecular weight is 601 g/mol. The smallest absolute Gasteiger partial charge is 0.408 e. The van der Waals surface area contributed by atoms with Crippen LogP contribution in [0.3, 0.4) is 0 Å². The van der Waals surface area contributed by atoms with Crippen LogP contribution in [-0.4, -0.2) is 33.4 Å². The van der Waals surface area contributed by atoms with Gasteiger partial charge in [-0.2, -0.15) is 5.10 Å². The molecule has 2 N–H and O–H groups in total. The zero-order valence-corrected chi connectivity index (χ0v) is 26.5. The van der Waals surface area contributed by atoms with Crippen LogP contribution in [0, 0.1) is 13.8 Å². The summed E-state index contributed by atoms with van der Waals surface area (Å²) in [7, 11) is 0. The van der Waals surface area contributed by atoms with E-state index in [4.69, 9.17) is 9.84 Å². The molecule has 1 aromatic heterocycles. The molecule has 0 aliphatic rings. The Kier molecular flexibility index (Phi) is 9.48. The molecule has 5 rings (SSSR count). The van der Waals surface area contributed by atoms with E-state index >= 15 is 0 Å². The number of benzene rings is 4. The number of amides is 2. The molecule has 1 atom stereocenters. The Hall–Kier alpha value is -5.17. The number of rotatable bonds is 9. The van der Waals surface area contributed by atoms with Crippen LogP contribution in [0.2, 0.25) is 0 Å². The minimum Gasteiger partial charge on any atom is -0.444 e. The van der Waals surface area contributed by atoms with Crippen molar-refractivity contribution in [2.45, 2.75) is 58.7 Å². The highest BCUT2D eigenvalue weighted by atomic mass is 16.6. The average Bonchev–Trinajstić information content (AvgIpc) is 3.29. The summed E-state index contributed by atoms with van der Waals surface area (Å²) in [6.07, 6.45) is -0.659. The minimum atomic E-state index is -0.954. The van der Waals surface area contributed by atoms with Crippen LogP contribution >= 0.6 is 0 Å². The van der Waals surface area contributed by atoms with Crippen molar-refractivity contribution in [2.75, 3.05) is 5.32 Å². The van der Waals surface area contributed by atoms with Gasteiger partial charge in [0, 0.05) is 22.9 Å². The molecule has 4 aromatic carbocycles. The summed E-state index contributed by atoms with van der Waals surface area (Å²) in [5.74, 6) is -0.811. The number of aryl methyl sites for hydroxylation is 1. The molecule has 7 heteroatoms. The molecule has 230 valence electrons. The number of ether oxygens (including phenoxy) is 1. The highest BCUT2D eigenvalue weighted by molar-refractivity contribution is 5.98. The lowest BCUT2D eigenvalue weighted by atomic mass is 9.84.